The third-order valence-corrected chi connectivity index (χ3v) is 12.6. The molecule has 0 aromatic carbocycles. The average Bonchev–Trinajstić information content (AvgIpc) is 3.26. The summed E-state index contributed by atoms with van der Waals surface area (Å²) in [5, 5.41) is 0. The van der Waals surface area contributed by atoms with Gasteiger partial charge in [-0.15, -0.1) is 0 Å². The molecule has 0 fully saturated rings. The largest absolute Gasteiger partial charge is 0.462 e. The number of carbonyl (C=O) groups excluding carboxylic acids is 3. The number of hydrogen-bond donors (Lipinski definition) is 0. The molecule has 0 aliphatic heterocycles. The zero-order valence-electron chi connectivity index (χ0n) is 41.5. The smallest absolute Gasteiger partial charge is 0.306 e. The molecule has 0 rings (SSSR count). The monoisotopic (exact) mass is 863 g/mol. The lowest BCUT2D eigenvalue weighted by molar-refractivity contribution is -0.167. The topological polar surface area (TPSA) is 78.9 Å². The first-order chi connectivity index (χ1) is 30.0. The average molecular weight is 863 g/mol. The first-order valence-electron chi connectivity index (χ1n) is 27.5. The van der Waals surface area contributed by atoms with Gasteiger partial charge in [-0.1, -0.05) is 278 Å². The Hall–Kier alpha value is -1.59. The van der Waals surface area contributed by atoms with Crippen molar-refractivity contribution in [2.75, 3.05) is 13.2 Å². The van der Waals surface area contributed by atoms with Crippen molar-refractivity contribution in [3.63, 3.8) is 0 Å². The first-order valence-corrected chi connectivity index (χ1v) is 27.5. The van der Waals surface area contributed by atoms with E-state index in [0.717, 1.165) is 57.8 Å². The molecule has 362 valence electrons. The van der Waals surface area contributed by atoms with Gasteiger partial charge in [0.15, 0.2) is 6.10 Å². The molecule has 0 aliphatic rings. The number of rotatable bonds is 51. The van der Waals surface area contributed by atoms with Crippen LogP contribution in [0.15, 0.2) is 0 Å². The van der Waals surface area contributed by atoms with E-state index in [1.165, 1.54) is 218 Å². The van der Waals surface area contributed by atoms with Crippen LogP contribution in [-0.2, 0) is 28.6 Å². The van der Waals surface area contributed by atoms with Gasteiger partial charge >= 0.3 is 17.9 Å². The van der Waals surface area contributed by atoms with Gasteiger partial charge in [-0.25, -0.2) is 0 Å². The molecule has 0 N–H and O–H groups in total. The number of unbranched alkanes of at least 4 members (excludes halogenated alkanes) is 40. The summed E-state index contributed by atoms with van der Waals surface area (Å²) in [6, 6.07) is 0. The highest BCUT2D eigenvalue weighted by molar-refractivity contribution is 5.71. The summed E-state index contributed by atoms with van der Waals surface area (Å²) >= 11 is 0. The van der Waals surface area contributed by atoms with E-state index in [4.69, 9.17) is 14.2 Å². The second-order valence-corrected chi connectivity index (χ2v) is 18.9. The van der Waals surface area contributed by atoms with Crippen LogP contribution in [0.4, 0.5) is 0 Å². The maximum Gasteiger partial charge on any atom is 0.306 e. The van der Waals surface area contributed by atoms with Crippen molar-refractivity contribution in [2.24, 2.45) is 0 Å². The fourth-order valence-electron chi connectivity index (χ4n) is 8.45. The number of hydrogen-bond acceptors (Lipinski definition) is 6. The lowest BCUT2D eigenvalue weighted by atomic mass is 10.0. The van der Waals surface area contributed by atoms with Crippen molar-refractivity contribution < 1.29 is 28.6 Å². The fourth-order valence-corrected chi connectivity index (χ4v) is 8.45. The Bertz CT molecular complexity index is 905. The predicted octanol–water partition coefficient (Wildman–Crippen LogP) is 18.0. The van der Waals surface area contributed by atoms with Gasteiger partial charge in [0.1, 0.15) is 13.2 Å². The number of esters is 3. The molecule has 0 unspecified atom stereocenters. The third kappa shape index (κ3) is 49.3. The Morgan fingerprint density at radius 2 is 0.443 bits per heavy atom. The minimum absolute atomic E-state index is 0.0614. The molecule has 6 heteroatoms. The SMILES string of the molecule is CCCCCCCCCCCCCCCCCCCC(=O)O[C@H](COC(=O)CCCCCCCCCCCCC)COC(=O)CCCCCCCCCCCCCCCCC. The normalized spacial score (nSPS) is 11.9. The highest BCUT2D eigenvalue weighted by Crippen LogP contribution is 2.17. The molecule has 61 heavy (non-hydrogen) atoms. The number of ether oxygens (including phenoxy) is 3. The molecule has 0 aromatic rings. The Morgan fingerprint density at radius 3 is 0.656 bits per heavy atom. The lowest BCUT2D eigenvalue weighted by Gasteiger charge is -2.18. The van der Waals surface area contributed by atoms with Crippen LogP contribution in [0.2, 0.25) is 0 Å². The molecule has 0 bridgehead atoms. The summed E-state index contributed by atoms with van der Waals surface area (Å²) in [5.41, 5.74) is 0. The minimum Gasteiger partial charge on any atom is -0.462 e. The van der Waals surface area contributed by atoms with E-state index >= 15 is 0 Å². The van der Waals surface area contributed by atoms with Crippen LogP contribution in [0.1, 0.15) is 316 Å². The third-order valence-electron chi connectivity index (χ3n) is 12.6. The van der Waals surface area contributed by atoms with Gasteiger partial charge in [0.25, 0.3) is 0 Å². The Balaban J connectivity index is 4.27. The van der Waals surface area contributed by atoms with E-state index in [9.17, 15) is 14.4 Å². The molecule has 6 nitrogen and oxygen atoms in total. The van der Waals surface area contributed by atoms with E-state index < -0.39 is 6.10 Å². The van der Waals surface area contributed by atoms with Crippen LogP contribution in [0, 0.1) is 0 Å². The summed E-state index contributed by atoms with van der Waals surface area (Å²) in [5.74, 6) is -0.837. The van der Waals surface area contributed by atoms with Crippen molar-refractivity contribution in [2.45, 2.75) is 322 Å². The van der Waals surface area contributed by atoms with E-state index in [0.29, 0.717) is 19.3 Å². The van der Waals surface area contributed by atoms with Crippen LogP contribution in [0.25, 0.3) is 0 Å². The van der Waals surface area contributed by atoms with Gasteiger partial charge in [0.05, 0.1) is 0 Å². The van der Waals surface area contributed by atoms with Crippen molar-refractivity contribution in [3.8, 4) is 0 Å². The van der Waals surface area contributed by atoms with E-state index in [2.05, 4.69) is 20.8 Å². The van der Waals surface area contributed by atoms with Crippen LogP contribution >= 0.6 is 0 Å². The Kier molecular flexibility index (Phi) is 49.7. The highest BCUT2D eigenvalue weighted by atomic mass is 16.6. The van der Waals surface area contributed by atoms with Gasteiger partial charge in [-0.2, -0.15) is 0 Å². The zero-order valence-corrected chi connectivity index (χ0v) is 41.5. The maximum absolute atomic E-state index is 12.8. The molecular formula is C55H106O6. The van der Waals surface area contributed by atoms with Crippen molar-refractivity contribution in [1.82, 2.24) is 0 Å². The van der Waals surface area contributed by atoms with E-state index in [1.54, 1.807) is 0 Å². The summed E-state index contributed by atoms with van der Waals surface area (Å²) in [6.07, 6.45) is 55.1. The molecule has 0 heterocycles. The molecule has 0 amide bonds. The molecule has 0 saturated carbocycles. The Labute approximate surface area is 380 Å². The van der Waals surface area contributed by atoms with E-state index in [-0.39, 0.29) is 31.1 Å². The summed E-state index contributed by atoms with van der Waals surface area (Å²) in [6.45, 7) is 6.69. The fraction of sp³-hybridized carbons (Fsp3) is 0.945. The van der Waals surface area contributed by atoms with Gasteiger partial charge in [-0.05, 0) is 19.3 Å². The molecule has 0 aromatic heterocycles. The van der Waals surface area contributed by atoms with Gasteiger partial charge in [-0.3, -0.25) is 14.4 Å². The first kappa shape index (κ1) is 59.4. The van der Waals surface area contributed by atoms with E-state index in [1.807, 2.05) is 0 Å². The zero-order chi connectivity index (χ0) is 44.4. The number of carbonyl (C=O) groups is 3. The van der Waals surface area contributed by atoms with Crippen LogP contribution < -0.4 is 0 Å². The van der Waals surface area contributed by atoms with Gasteiger partial charge < -0.3 is 14.2 Å². The quantitative estimate of drug-likeness (QED) is 0.0344. The molecule has 0 saturated heterocycles. The van der Waals surface area contributed by atoms with Crippen LogP contribution in [-0.4, -0.2) is 37.2 Å². The standard InChI is InChI=1S/C55H106O6/c1-4-7-10-13-16-19-22-24-26-27-29-31-34-37-40-43-46-49-55(58)61-52(50-59-53(56)47-44-41-38-35-32-21-18-15-12-9-6-3)51-60-54(57)48-45-42-39-36-33-30-28-25-23-20-17-14-11-8-5-2/h52H,4-51H2,1-3H3/t52-/m1/s1. The molecule has 1 atom stereocenters. The molecule has 0 radical (unpaired) electrons. The lowest BCUT2D eigenvalue weighted by Crippen LogP contribution is -2.30. The van der Waals surface area contributed by atoms with Crippen LogP contribution in [0.5, 0.6) is 0 Å². The minimum atomic E-state index is -0.760. The summed E-state index contributed by atoms with van der Waals surface area (Å²) in [7, 11) is 0. The van der Waals surface area contributed by atoms with Gasteiger partial charge in [0, 0.05) is 19.3 Å². The highest BCUT2D eigenvalue weighted by Gasteiger charge is 2.19. The second kappa shape index (κ2) is 51.0. The second-order valence-electron chi connectivity index (χ2n) is 18.9. The van der Waals surface area contributed by atoms with Crippen molar-refractivity contribution in [3.05, 3.63) is 0 Å². The Morgan fingerprint density at radius 1 is 0.262 bits per heavy atom. The molecule has 0 aliphatic carbocycles. The molecule has 0 spiro atoms. The van der Waals surface area contributed by atoms with Gasteiger partial charge in [0.2, 0.25) is 0 Å². The summed E-state index contributed by atoms with van der Waals surface area (Å²) < 4.78 is 16.8. The summed E-state index contributed by atoms with van der Waals surface area (Å²) in [4.78, 5) is 38.0. The molecular weight excluding hydrogens is 757 g/mol. The van der Waals surface area contributed by atoms with Crippen LogP contribution in [0.3, 0.4) is 0 Å². The van der Waals surface area contributed by atoms with Crippen molar-refractivity contribution >= 4 is 17.9 Å². The maximum atomic E-state index is 12.8. The van der Waals surface area contributed by atoms with Crippen molar-refractivity contribution in [1.29, 1.82) is 0 Å². The predicted molar refractivity (Wildman–Crippen MR) is 261 cm³/mol.